The number of aromatic nitrogens is 3. The molecule has 0 saturated carbocycles. The van der Waals surface area contributed by atoms with Crippen LogP contribution in [0.5, 0.6) is 0 Å². The van der Waals surface area contributed by atoms with Gasteiger partial charge in [-0.05, 0) is 18.4 Å². The maximum atomic E-state index is 12.3. The number of H-pyrrole nitrogens is 1. The molecule has 3 aromatic rings. The zero-order chi connectivity index (χ0) is 15.1. The number of para-hydroxylation sites is 2. The largest absolute Gasteiger partial charge is 0.342 e. The van der Waals surface area contributed by atoms with Gasteiger partial charge in [-0.3, -0.25) is 4.79 Å². The van der Waals surface area contributed by atoms with Crippen molar-refractivity contribution in [3.63, 3.8) is 0 Å². The van der Waals surface area contributed by atoms with Crippen molar-refractivity contribution in [2.45, 2.75) is 10.3 Å². The number of carbonyl (C=O) groups is 1. The monoisotopic (exact) mass is 330 g/mol. The van der Waals surface area contributed by atoms with Gasteiger partial charge in [0.15, 0.2) is 0 Å². The van der Waals surface area contributed by atoms with Crippen molar-refractivity contribution in [2.24, 2.45) is 0 Å². The summed E-state index contributed by atoms with van der Waals surface area (Å²) >= 11 is 3.08. The molecule has 1 aromatic carbocycles. The van der Waals surface area contributed by atoms with E-state index in [0.717, 1.165) is 21.2 Å². The zero-order valence-corrected chi connectivity index (χ0v) is 13.6. The van der Waals surface area contributed by atoms with E-state index in [4.69, 9.17) is 0 Å². The number of carbonyl (C=O) groups excluding carboxylic acids is 1. The van der Waals surface area contributed by atoms with Gasteiger partial charge in [0.05, 0.1) is 17.0 Å². The van der Waals surface area contributed by atoms with Crippen LogP contribution < -0.4 is 0 Å². The van der Waals surface area contributed by atoms with Gasteiger partial charge < -0.3 is 9.88 Å². The van der Waals surface area contributed by atoms with Crippen LogP contribution >= 0.6 is 23.1 Å². The van der Waals surface area contributed by atoms with E-state index in [0.29, 0.717) is 18.8 Å². The van der Waals surface area contributed by atoms with Gasteiger partial charge in [0.2, 0.25) is 0 Å². The van der Waals surface area contributed by atoms with Crippen LogP contribution in [0.15, 0.2) is 34.0 Å². The van der Waals surface area contributed by atoms with Crippen LogP contribution in [-0.4, -0.2) is 45.1 Å². The number of thiazole rings is 1. The average Bonchev–Trinajstić information content (AvgIpc) is 3.12. The first kappa shape index (κ1) is 13.8. The number of amides is 1. The van der Waals surface area contributed by atoms with Crippen LogP contribution in [0.25, 0.3) is 11.0 Å². The molecule has 0 aliphatic carbocycles. The molecule has 4 rings (SSSR count). The summed E-state index contributed by atoms with van der Waals surface area (Å²) in [5.41, 5.74) is 2.58. The van der Waals surface area contributed by atoms with Gasteiger partial charge in [0.25, 0.3) is 5.91 Å². The van der Waals surface area contributed by atoms with Gasteiger partial charge in [-0.1, -0.05) is 23.9 Å². The lowest BCUT2D eigenvalue weighted by Gasteiger charge is -2.37. The number of rotatable bonds is 3. The summed E-state index contributed by atoms with van der Waals surface area (Å²) in [5, 5.41) is 1.84. The molecule has 0 bridgehead atoms. The molecule has 0 unspecified atom stereocenters. The molecule has 5 nitrogen and oxygen atoms in total. The Balaban J connectivity index is 1.46. The molecule has 1 fully saturated rings. The van der Waals surface area contributed by atoms with E-state index in [2.05, 4.69) is 15.0 Å². The number of likely N-dealkylation sites (tertiary alicyclic amines) is 1. The number of thioether (sulfide) groups is 1. The van der Waals surface area contributed by atoms with Crippen LogP contribution in [0.4, 0.5) is 0 Å². The number of hydrogen-bond acceptors (Lipinski definition) is 5. The molecule has 1 N–H and O–H groups in total. The second-order valence-corrected chi connectivity index (χ2v) is 7.16. The van der Waals surface area contributed by atoms with Gasteiger partial charge in [-0.2, -0.15) is 0 Å². The highest BCUT2D eigenvalue weighted by atomic mass is 32.2. The first-order chi connectivity index (χ1) is 10.7. The van der Waals surface area contributed by atoms with E-state index in [1.807, 2.05) is 40.8 Å². The predicted octanol–water partition coefficient (Wildman–Crippen LogP) is 2.98. The third-order valence-corrected chi connectivity index (χ3v) is 5.70. The molecule has 7 heteroatoms. The van der Waals surface area contributed by atoms with Crippen LogP contribution in [0, 0.1) is 0 Å². The Morgan fingerprint density at radius 1 is 1.36 bits per heavy atom. The Morgan fingerprint density at radius 2 is 2.18 bits per heavy atom. The molecular formula is C15H14N4OS2. The number of nitrogens with one attached hydrogen (secondary N) is 1. The highest BCUT2D eigenvalue weighted by Gasteiger charge is 2.35. The minimum atomic E-state index is 0.0175. The number of hydrogen-bond donors (Lipinski definition) is 1. The summed E-state index contributed by atoms with van der Waals surface area (Å²) in [6, 6.07) is 7.99. The Labute approximate surface area is 135 Å². The summed E-state index contributed by atoms with van der Waals surface area (Å²) < 4.78 is 0.928. The van der Waals surface area contributed by atoms with E-state index in [-0.39, 0.29) is 11.8 Å². The van der Waals surface area contributed by atoms with E-state index in [9.17, 15) is 4.79 Å². The smallest absolute Gasteiger partial charge is 0.273 e. The molecule has 1 amide bonds. The number of imidazole rings is 1. The van der Waals surface area contributed by atoms with Gasteiger partial charge in [-0.25, -0.2) is 9.97 Å². The molecule has 22 heavy (non-hydrogen) atoms. The Morgan fingerprint density at radius 3 is 2.91 bits per heavy atom. The Kier molecular flexibility index (Phi) is 3.38. The summed E-state index contributed by atoms with van der Waals surface area (Å²) in [7, 11) is 0. The summed E-state index contributed by atoms with van der Waals surface area (Å²) in [6.45, 7) is 1.40. The highest BCUT2D eigenvalue weighted by Crippen LogP contribution is 2.29. The number of aromatic amines is 1. The molecule has 1 aliphatic heterocycles. The minimum absolute atomic E-state index is 0.0175. The van der Waals surface area contributed by atoms with Crippen molar-refractivity contribution < 1.29 is 4.79 Å². The fourth-order valence-electron chi connectivity index (χ4n) is 2.59. The van der Waals surface area contributed by atoms with Crippen molar-refractivity contribution in [1.82, 2.24) is 19.9 Å². The van der Waals surface area contributed by atoms with E-state index in [1.54, 1.807) is 11.8 Å². The molecule has 2 aromatic heterocycles. The fraction of sp³-hybridized carbons (Fsp3) is 0.267. The lowest BCUT2D eigenvalue weighted by molar-refractivity contribution is 0.0590. The van der Waals surface area contributed by atoms with Gasteiger partial charge in [0, 0.05) is 18.5 Å². The van der Waals surface area contributed by atoms with Crippen molar-refractivity contribution in [2.75, 3.05) is 19.3 Å². The maximum absolute atomic E-state index is 12.3. The second-order valence-electron chi connectivity index (χ2n) is 5.25. The second kappa shape index (κ2) is 5.40. The van der Waals surface area contributed by atoms with Crippen LogP contribution in [-0.2, 0) is 0 Å². The topological polar surface area (TPSA) is 61.9 Å². The van der Waals surface area contributed by atoms with Crippen LogP contribution in [0.3, 0.4) is 0 Å². The normalized spacial score (nSPS) is 15.2. The quantitative estimate of drug-likeness (QED) is 0.750. The van der Waals surface area contributed by atoms with Gasteiger partial charge >= 0.3 is 0 Å². The average molecular weight is 330 g/mol. The predicted molar refractivity (Wildman–Crippen MR) is 88.6 cm³/mol. The standard InChI is InChI=1S/C15H14N4OS2/c1-21-15-18-12(8-22-15)14(20)19-6-9(7-19)13-16-10-4-2-3-5-11(10)17-13/h2-5,8-9H,6-7H2,1H3,(H,16,17). The van der Waals surface area contributed by atoms with Crippen molar-refractivity contribution >= 4 is 40.0 Å². The number of benzene rings is 1. The summed E-state index contributed by atoms with van der Waals surface area (Å²) in [5.74, 6) is 1.27. The lowest BCUT2D eigenvalue weighted by Crippen LogP contribution is -2.48. The van der Waals surface area contributed by atoms with E-state index < -0.39 is 0 Å². The van der Waals surface area contributed by atoms with E-state index >= 15 is 0 Å². The molecule has 3 heterocycles. The fourth-order valence-corrected chi connectivity index (χ4v) is 3.83. The third kappa shape index (κ3) is 2.30. The van der Waals surface area contributed by atoms with E-state index in [1.165, 1.54) is 11.3 Å². The Hall–Kier alpha value is -1.86. The van der Waals surface area contributed by atoms with Crippen molar-refractivity contribution in [1.29, 1.82) is 0 Å². The van der Waals surface area contributed by atoms with Gasteiger partial charge in [0.1, 0.15) is 15.9 Å². The summed E-state index contributed by atoms with van der Waals surface area (Å²) in [4.78, 5) is 26.4. The summed E-state index contributed by atoms with van der Waals surface area (Å²) in [6.07, 6.45) is 1.97. The minimum Gasteiger partial charge on any atom is -0.342 e. The van der Waals surface area contributed by atoms with Gasteiger partial charge in [-0.15, -0.1) is 11.3 Å². The molecule has 0 atom stereocenters. The molecule has 1 saturated heterocycles. The lowest BCUT2D eigenvalue weighted by atomic mass is 9.99. The third-order valence-electron chi connectivity index (χ3n) is 3.84. The number of fused-ring (bicyclic) bond motifs is 1. The zero-order valence-electron chi connectivity index (χ0n) is 11.9. The van der Waals surface area contributed by atoms with Crippen molar-refractivity contribution in [3.05, 3.63) is 41.2 Å². The Bertz CT molecular complexity index is 802. The first-order valence-corrected chi connectivity index (χ1v) is 9.08. The highest BCUT2D eigenvalue weighted by molar-refractivity contribution is 8.00. The molecular weight excluding hydrogens is 316 g/mol. The molecule has 0 radical (unpaired) electrons. The molecule has 0 spiro atoms. The molecule has 1 aliphatic rings. The van der Waals surface area contributed by atoms with Crippen molar-refractivity contribution in [3.8, 4) is 0 Å². The maximum Gasteiger partial charge on any atom is 0.273 e. The molecule has 112 valence electrons. The van der Waals surface area contributed by atoms with Crippen LogP contribution in [0.1, 0.15) is 22.2 Å². The SMILES string of the molecule is CSc1nc(C(=O)N2CC(c3nc4ccccc4[nH]3)C2)cs1. The van der Waals surface area contributed by atoms with Crippen LogP contribution in [0.2, 0.25) is 0 Å². The number of nitrogens with zero attached hydrogens (tertiary/aromatic N) is 3. The first-order valence-electron chi connectivity index (χ1n) is 6.98.